The van der Waals surface area contributed by atoms with Crippen LogP contribution in [0.4, 0.5) is 11.8 Å². The summed E-state index contributed by atoms with van der Waals surface area (Å²) in [6, 6.07) is 0. The standard InChI is InChI=1S/C8H13BrN4S/c1-10-8-12-5-6(9)7(13-8)11-3-4-14-2/h5H,3-4H2,1-2H3,(H2,10,11,12,13). The third-order valence-corrected chi connectivity index (χ3v) is 2.76. The predicted molar refractivity (Wildman–Crippen MR) is 66.2 cm³/mol. The molecule has 14 heavy (non-hydrogen) atoms. The van der Waals surface area contributed by atoms with Crippen molar-refractivity contribution in [1.82, 2.24) is 9.97 Å². The van der Waals surface area contributed by atoms with Gasteiger partial charge in [0.2, 0.25) is 5.95 Å². The van der Waals surface area contributed by atoms with E-state index in [2.05, 4.69) is 42.8 Å². The molecule has 0 fully saturated rings. The van der Waals surface area contributed by atoms with Crippen LogP contribution in [0.5, 0.6) is 0 Å². The fourth-order valence-corrected chi connectivity index (χ4v) is 1.52. The van der Waals surface area contributed by atoms with Crippen molar-refractivity contribution in [3.8, 4) is 0 Å². The third kappa shape index (κ3) is 3.34. The van der Waals surface area contributed by atoms with Gasteiger partial charge in [0, 0.05) is 25.5 Å². The zero-order valence-electron chi connectivity index (χ0n) is 8.17. The minimum Gasteiger partial charge on any atom is -0.368 e. The summed E-state index contributed by atoms with van der Waals surface area (Å²) < 4.78 is 0.887. The molecular formula is C8H13BrN4S. The van der Waals surface area contributed by atoms with Crippen LogP contribution in [0.15, 0.2) is 10.7 Å². The highest BCUT2D eigenvalue weighted by Gasteiger charge is 2.02. The van der Waals surface area contributed by atoms with Gasteiger partial charge in [-0.25, -0.2) is 4.98 Å². The second-order valence-corrected chi connectivity index (χ2v) is 4.40. The summed E-state index contributed by atoms with van der Waals surface area (Å²) in [6.07, 6.45) is 3.82. The lowest BCUT2D eigenvalue weighted by atomic mass is 10.5. The lowest BCUT2D eigenvalue weighted by Crippen LogP contribution is -2.08. The second-order valence-electron chi connectivity index (χ2n) is 2.56. The predicted octanol–water partition coefficient (Wildman–Crippen LogP) is 2.06. The number of nitrogens with zero attached hydrogens (tertiary/aromatic N) is 2. The molecule has 78 valence electrons. The summed E-state index contributed by atoms with van der Waals surface area (Å²) in [5, 5.41) is 6.13. The Labute approximate surface area is 96.4 Å². The summed E-state index contributed by atoms with van der Waals surface area (Å²) in [7, 11) is 1.80. The first-order chi connectivity index (χ1) is 6.77. The molecule has 6 heteroatoms. The van der Waals surface area contributed by atoms with Crippen molar-refractivity contribution in [3.05, 3.63) is 10.7 Å². The second kappa shape index (κ2) is 6.08. The number of hydrogen-bond acceptors (Lipinski definition) is 5. The molecule has 0 aliphatic carbocycles. The molecule has 0 saturated heterocycles. The van der Waals surface area contributed by atoms with Crippen LogP contribution >= 0.6 is 27.7 Å². The quantitative estimate of drug-likeness (QED) is 0.807. The van der Waals surface area contributed by atoms with E-state index in [1.807, 2.05) is 0 Å². The molecule has 1 aromatic heterocycles. The van der Waals surface area contributed by atoms with Crippen LogP contribution in [0, 0.1) is 0 Å². The highest BCUT2D eigenvalue weighted by Crippen LogP contribution is 2.19. The fourth-order valence-electron chi connectivity index (χ4n) is 0.883. The van der Waals surface area contributed by atoms with Crippen molar-refractivity contribution < 1.29 is 0 Å². The molecule has 2 N–H and O–H groups in total. The molecule has 0 bridgehead atoms. The van der Waals surface area contributed by atoms with Gasteiger partial charge in [0.15, 0.2) is 0 Å². The monoisotopic (exact) mass is 276 g/mol. The van der Waals surface area contributed by atoms with Crippen LogP contribution < -0.4 is 10.6 Å². The lowest BCUT2D eigenvalue weighted by Gasteiger charge is -2.07. The molecule has 0 spiro atoms. The molecule has 1 rings (SSSR count). The first-order valence-electron chi connectivity index (χ1n) is 4.21. The van der Waals surface area contributed by atoms with Gasteiger partial charge < -0.3 is 10.6 Å². The lowest BCUT2D eigenvalue weighted by molar-refractivity contribution is 1.10. The summed E-state index contributed by atoms with van der Waals surface area (Å²) in [5.41, 5.74) is 0. The van der Waals surface area contributed by atoms with E-state index in [0.29, 0.717) is 5.95 Å². The molecule has 1 heterocycles. The summed E-state index contributed by atoms with van der Waals surface area (Å²) in [4.78, 5) is 8.34. The molecule has 0 aromatic carbocycles. The van der Waals surface area contributed by atoms with Crippen molar-refractivity contribution in [2.45, 2.75) is 0 Å². The Hall–Kier alpha value is -0.490. The van der Waals surface area contributed by atoms with Crippen molar-refractivity contribution in [2.75, 3.05) is 36.2 Å². The maximum atomic E-state index is 4.27. The van der Waals surface area contributed by atoms with E-state index in [9.17, 15) is 0 Å². The number of thioether (sulfide) groups is 1. The normalized spacial score (nSPS) is 9.93. The average molecular weight is 277 g/mol. The largest absolute Gasteiger partial charge is 0.368 e. The van der Waals surface area contributed by atoms with Crippen molar-refractivity contribution in [1.29, 1.82) is 0 Å². The van der Waals surface area contributed by atoms with Gasteiger partial charge in [-0.1, -0.05) is 0 Å². The van der Waals surface area contributed by atoms with Gasteiger partial charge in [-0.2, -0.15) is 16.7 Å². The Kier molecular flexibility index (Phi) is 5.03. The van der Waals surface area contributed by atoms with E-state index >= 15 is 0 Å². The Morgan fingerprint density at radius 2 is 2.36 bits per heavy atom. The van der Waals surface area contributed by atoms with Gasteiger partial charge in [0.05, 0.1) is 4.47 Å². The van der Waals surface area contributed by atoms with Crippen LogP contribution in [0.1, 0.15) is 0 Å². The van der Waals surface area contributed by atoms with Gasteiger partial charge in [-0.3, -0.25) is 0 Å². The number of halogens is 1. The van der Waals surface area contributed by atoms with Crippen LogP contribution in [0.25, 0.3) is 0 Å². The number of anilines is 2. The maximum Gasteiger partial charge on any atom is 0.224 e. The highest BCUT2D eigenvalue weighted by molar-refractivity contribution is 9.10. The van der Waals surface area contributed by atoms with Crippen molar-refractivity contribution >= 4 is 39.5 Å². The Bertz CT molecular complexity index is 295. The van der Waals surface area contributed by atoms with Gasteiger partial charge in [0.1, 0.15) is 5.82 Å². The molecule has 0 amide bonds. The first kappa shape index (κ1) is 11.6. The molecule has 0 atom stereocenters. The van der Waals surface area contributed by atoms with Gasteiger partial charge >= 0.3 is 0 Å². The van der Waals surface area contributed by atoms with E-state index in [1.165, 1.54) is 0 Å². The maximum absolute atomic E-state index is 4.27. The van der Waals surface area contributed by atoms with E-state index in [-0.39, 0.29) is 0 Å². The van der Waals surface area contributed by atoms with E-state index in [0.717, 1.165) is 22.6 Å². The van der Waals surface area contributed by atoms with Crippen LogP contribution in [-0.2, 0) is 0 Å². The number of rotatable bonds is 5. The number of hydrogen-bond donors (Lipinski definition) is 2. The Morgan fingerprint density at radius 3 is 3.00 bits per heavy atom. The topological polar surface area (TPSA) is 49.8 Å². The number of nitrogens with one attached hydrogen (secondary N) is 2. The summed E-state index contributed by atoms with van der Waals surface area (Å²) in [5.74, 6) is 2.52. The molecule has 0 aliphatic heterocycles. The molecule has 0 saturated carbocycles. The first-order valence-corrected chi connectivity index (χ1v) is 6.39. The van der Waals surface area contributed by atoms with Gasteiger partial charge in [-0.15, -0.1) is 0 Å². The zero-order chi connectivity index (χ0) is 10.4. The molecule has 1 aromatic rings. The molecule has 0 aliphatic rings. The number of aromatic nitrogens is 2. The van der Waals surface area contributed by atoms with Crippen molar-refractivity contribution in [2.24, 2.45) is 0 Å². The SMILES string of the molecule is CNc1ncc(Br)c(NCCSC)n1. The Balaban J connectivity index is 2.64. The zero-order valence-corrected chi connectivity index (χ0v) is 10.6. The summed E-state index contributed by atoms with van der Waals surface area (Å²) >= 11 is 5.19. The molecular weight excluding hydrogens is 264 g/mol. The minimum atomic E-state index is 0.625. The van der Waals surface area contributed by atoms with Gasteiger partial charge in [-0.05, 0) is 22.2 Å². The molecule has 0 radical (unpaired) electrons. The van der Waals surface area contributed by atoms with Crippen molar-refractivity contribution in [3.63, 3.8) is 0 Å². The third-order valence-electron chi connectivity index (χ3n) is 1.57. The van der Waals surface area contributed by atoms with Gasteiger partial charge in [0.25, 0.3) is 0 Å². The smallest absolute Gasteiger partial charge is 0.224 e. The van der Waals surface area contributed by atoms with E-state index in [1.54, 1.807) is 25.0 Å². The fraction of sp³-hybridized carbons (Fsp3) is 0.500. The van der Waals surface area contributed by atoms with E-state index in [4.69, 9.17) is 0 Å². The molecule has 4 nitrogen and oxygen atoms in total. The van der Waals surface area contributed by atoms with Crippen LogP contribution in [-0.4, -0.2) is 35.6 Å². The highest BCUT2D eigenvalue weighted by atomic mass is 79.9. The van der Waals surface area contributed by atoms with E-state index < -0.39 is 0 Å². The van der Waals surface area contributed by atoms with Crippen LogP contribution in [0.3, 0.4) is 0 Å². The Morgan fingerprint density at radius 1 is 1.57 bits per heavy atom. The summed E-state index contributed by atoms with van der Waals surface area (Å²) in [6.45, 7) is 0.903. The average Bonchev–Trinajstić information content (AvgIpc) is 2.21. The molecule has 0 unspecified atom stereocenters. The minimum absolute atomic E-state index is 0.625. The van der Waals surface area contributed by atoms with Crippen LogP contribution in [0.2, 0.25) is 0 Å².